The summed E-state index contributed by atoms with van der Waals surface area (Å²) in [4.78, 5) is 4.42. The monoisotopic (exact) mass is 221 g/mol. The molecule has 0 saturated carbocycles. The summed E-state index contributed by atoms with van der Waals surface area (Å²) < 4.78 is 2.31. The topological polar surface area (TPSA) is 29.9 Å². The molecule has 0 aromatic carbocycles. The third-order valence-corrected chi connectivity index (χ3v) is 3.39. The summed E-state index contributed by atoms with van der Waals surface area (Å²) in [5.74, 6) is 1.74. The fraction of sp³-hybridized carbons (Fsp3) is 0.769. The fourth-order valence-corrected chi connectivity index (χ4v) is 2.48. The molecule has 1 fully saturated rings. The average Bonchev–Trinajstić information content (AvgIpc) is 2.76. The van der Waals surface area contributed by atoms with Gasteiger partial charge >= 0.3 is 0 Å². The molecular weight excluding hydrogens is 198 g/mol. The number of imidazole rings is 1. The Morgan fingerprint density at radius 1 is 1.50 bits per heavy atom. The van der Waals surface area contributed by atoms with Gasteiger partial charge in [-0.1, -0.05) is 20.3 Å². The number of aryl methyl sites for hydroxylation is 1. The summed E-state index contributed by atoms with van der Waals surface area (Å²) in [6.45, 7) is 6.71. The van der Waals surface area contributed by atoms with Crippen molar-refractivity contribution in [1.29, 1.82) is 0 Å². The van der Waals surface area contributed by atoms with Crippen molar-refractivity contribution in [1.82, 2.24) is 14.9 Å². The van der Waals surface area contributed by atoms with Crippen molar-refractivity contribution in [3.05, 3.63) is 18.2 Å². The van der Waals surface area contributed by atoms with Crippen molar-refractivity contribution < 1.29 is 0 Å². The van der Waals surface area contributed by atoms with E-state index in [4.69, 9.17) is 0 Å². The van der Waals surface area contributed by atoms with Crippen LogP contribution in [0.1, 0.15) is 51.3 Å². The van der Waals surface area contributed by atoms with Crippen molar-refractivity contribution in [2.24, 2.45) is 0 Å². The molecule has 90 valence electrons. The lowest BCUT2D eigenvalue weighted by atomic mass is 10.0. The molecule has 0 spiro atoms. The highest BCUT2D eigenvalue weighted by atomic mass is 15.1. The maximum atomic E-state index is 4.42. The van der Waals surface area contributed by atoms with Gasteiger partial charge in [-0.15, -0.1) is 0 Å². The SMILES string of the molecule is CC(C)c1nccn1CC[C@H]1CCCCN1. The third-order valence-electron chi connectivity index (χ3n) is 3.39. The zero-order valence-electron chi connectivity index (χ0n) is 10.4. The lowest BCUT2D eigenvalue weighted by molar-refractivity contribution is 0.364. The van der Waals surface area contributed by atoms with E-state index in [2.05, 4.69) is 34.9 Å². The van der Waals surface area contributed by atoms with Crippen LogP contribution in [0.4, 0.5) is 0 Å². The molecule has 3 heteroatoms. The second-order valence-electron chi connectivity index (χ2n) is 5.07. The third kappa shape index (κ3) is 2.85. The first-order chi connectivity index (χ1) is 7.77. The van der Waals surface area contributed by atoms with E-state index in [1.165, 1.54) is 38.1 Å². The Bertz CT molecular complexity index is 311. The maximum absolute atomic E-state index is 4.42. The van der Waals surface area contributed by atoms with Crippen LogP contribution in [-0.4, -0.2) is 22.1 Å². The summed E-state index contributed by atoms with van der Waals surface area (Å²) in [7, 11) is 0. The zero-order valence-corrected chi connectivity index (χ0v) is 10.4. The largest absolute Gasteiger partial charge is 0.335 e. The molecule has 0 bridgehead atoms. The summed E-state index contributed by atoms with van der Waals surface area (Å²) in [5, 5.41) is 3.60. The van der Waals surface area contributed by atoms with Gasteiger partial charge in [0.1, 0.15) is 5.82 Å². The van der Waals surface area contributed by atoms with Crippen LogP contribution < -0.4 is 5.32 Å². The van der Waals surface area contributed by atoms with Crippen molar-refractivity contribution in [3.63, 3.8) is 0 Å². The molecular formula is C13H23N3. The minimum Gasteiger partial charge on any atom is -0.335 e. The summed E-state index contributed by atoms with van der Waals surface area (Å²) >= 11 is 0. The Morgan fingerprint density at radius 3 is 3.06 bits per heavy atom. The molecule has 0 radical (unpaired) electrons. The van der Waals surface area contributed by atoms with E-state index in [-0.39, 0.29) is 0 Å². The highest BCUT2D eigenvalue weighted by Gasteiger charge is 2.13. The molecule has 1 saturated heterocycles. The van der Waals surface area contributed by atoms with Gasteiger partial charge in [-0.3, -0.25) is 0 Å². The van der Waals surface area contributed by atoms with Gasteiger partial charge in [-0.05, 0) is 25.8 Å². The van der Waals surface area contributed by atoms with Crippen molar-refractivity contribution in [2.75, 3.05) is 6.54 Å². The Labute approximate surface area is 98.3 Å². The summed E-state index contributed by atoms with van der Waals surface area (Å²) in [6.07, 6.45) is 9.33. The number of hydrogen-bond donors (Lipinski definition) is 1. The standard InChI is InChI=1S/C13H23N3/c1-11(2)13-15-8-10-16(13)9-6-12-5-3-4-7-14-12/h8,10-12,14H,3-7,9H2,1-2H3/t12-/m1/s1. The Kier molecular flexibility index (Phi) is 3.99. The van der Waals surface area contributed by atoms with Crippen LogP contribution >= 0.6 is 0 Å². The molecule has 0 aliphatic carbocycles. The van der Waals surface area contributed by atoms with Crippen LogP contribution in [0.5, 0.6) is 0 Å². The van der Waals surface area contributed by atoms with Gasteiger partial charge in [-0.2, -0.15) is 0 Å². The number of aromatic nitrogens is 2. The van der Waals surface area contributed by atoms with Gasteiger partial charge in [0.25, 0.3) is 0 Å². The van der Waals surface area contributed by atoms with Crippen molar-refractivity contribution in [3.8, 4) is 0 Å². The van der Waals surface area contributed by atoms with Crippen LogP contribution in [0.15, 0.2) is 12.4 Å². The first-order valence-electron chi connectivity index (χ1n) is 6.52. The first kappa shape index (κ1) is 11.6. The molecule has 0 unspecified atom stereocenters. The number of piperidine rings is 1. The molecule has 0 amide bonds. The molecule has 1 aliphatic rings. The predicted octanol–water partition coefficient (Wildman–Crippen LogP) is 2.54. The highest BCUT2D eigenvalue weighted by Crippen LogP contribution is 2.15. The van der Waals surface area contributed by atoms with Crippen LogP contribution in [0.25, 0.3) is 0 Å². The highest BCUT2D eigenvalue weighted by molar-refractivity contribution is 4.97. The summed E-state index contributed by atoms with van der Waals surface area (Å²) in [5.41, 5.74) is 0. The molecule has 1 atom stereocenters. The second-order valence-corrected chi connectivity index (χ2v) is 5.07. The summed E-state index contributed by atoms with van der Waals surface area (Å²) in [6, 6.07) is 0.719. The van der Waals surface area contributed by atoms with Crippen LogP contribution in [0, 0.1) is 0 Å². The molecule has 2 rings (SSSR count). The van der Waals surface area contributed by atoms with Gasteiger partial charge in [0.15, 0.2) is 0 Å². The van der Waals surface area contributed by atoms with Crippen LogP contribution in [-0.2, 0) is 6.54 Å². The Morgan fingerprint density at radius 2 is 2.38 bits per heavy atom. The molecule has 1 aromatic heterocycles. The lowest BCUT2D eigenvalue weighted by Crippen LogP contribution is -2.34. The van der Waals surface area contributed by atoms with Gasteiger partial charge in [0.2, 0.25) is 0 Å². The first-order valence-corrected chi connectivity index (χ1v) is 6.52. The minimum absolute atomic E-state index is 0.523. The van der Waals surface area contributed by atoms with E-state index < -0.39 is 0 Å². The Hall–Kier alpha value is -0.830. The van der Waals surface area contributed by atoms with E-state index in [1.807, 2.05) is 6.20 Å². The molecule has 16 heavy (non-hydrogen) atoms. The van der Waals surface area contributed by atoms with Gasteiger partial charge in [0.05, 0.1) is 0 Å². The van der Waals surface area contributed by atoms with E-state index in [9.17, 15) is 0 Å². The number of rotatable bonds is 4. The molecule has 2 heterocycles. The smallest absolute Gasteiger partial charge is 0.111 e. The number of hydrogen-bond acceptors (Lipinski definition) is 2. The van der Waals surface area contributed by atoms with Crippen molar-refractivity contribution in [2.45, 2.75) is 58.0 Å². The van der Waals surface area contributed by atoms with E-state index in [0.717, 1.165) is 12.6 Å². The van der Waals surface area contributed by atoms with E-state index in [0.29, 0.717) is 5.92 Å². The van der Waals surface area contributed by atoms with Crippen molar-refractivity contribution >= 4 is 0 Å². The molecule has 1 aromatic rings. The molecule has 1 N–H and O–H groups in total. The molecule has 1 aliphatic heterocycles. The van der Waals surface area contributed by atoms with E-state index >= 15 is 0 Å². The van der Waals surface area contributed by atoms with E-state index in [1.54, 1.807) is 0 Å². The average molecular weight is 221 g/mol. The normalized spacial score (nSPS) is 21.6. The zero-order chi connectivity index (χ0) is 11.4. The van der Waals surface area contributed by atoms with Crippen LogP contribution in [0.2, 0.25) is 0 Å². The van der Waals surface area contributed by atoms with Gasteiger partial charge < -0.3 is 9.88 Å². The lowest BCUT2D eigenvalue weighted by Gasteiger charge is -2.24. The fourth-order valence-electron chi connectivity index (χ4n) is 2.48. The minimum atomic E-state index is 0.523. The van der Waals surface area contributed by atoms with Gasteiger partial charge in [-0.25, -0.2) is 4.98 Å². The maximum Gasteiger partial charge on any atom is 0.111 e. The van der Waals surface area contributed by atoms with Gasteiger partial charge in [0, 0.05) is 30.9 Å². The number of nitrogens with zero attached hydrogens (tertiary/aromatic N) is 2. The van der Waals surface area contributed by atoms with Crippen LogP contribution in [0.3, 0.4) is 0 Å². The predicted molar refractivity (Wildman–Crippen MR) is 66.6 cm³/mol. The Balaban J connectivity index is 1.86. The molecule has 3 nitrogen and oxygen atoms in total. The second kappa shape index (κ2) is 5.48. The quantitative estimate of drug-likeness (QED) is 0.846. The number of nitrogens with one attached hydrogen (secondary N) is 1.